The van der Waals surface area contributed by atoms with E-state index in [1.54, 1.807) is 0 Å². The van der Waals surface area contributed by atoms with Crippen molar-refractivity contribution in [3.63, 3.8) is 0 Å². The number of rotatable bonds is 5. The molecule has 0 aromatic carbocycles. The molecule has 0 unspecified atom stereocenters. The Morgan fingerprint density at radius 3 is 2.08 bits per heavy atom. The highest BCUT2D eigenvalue weighted by molar-refractivity contribution is 7.80. The van der Waals surface area contributed by atoms with Gasteiger partial charge in [0.1, 0.15) is 0 Å². The molecular weight excluding hydrogens is 215 g/mol. The largest absolute Gasteiger partial charge is 0.469 e. The topological polar surface area (TPSA) is 130 Å². The molecule has 0 aliphatic heterocycles. The molecule has 0 amide bonds. The van der Waals surface area contributed by atoms with E-state index in [1.807, 2.05) is 0 Å². The second kappa shape index (κ2) is 4.28. The van der Waals surface area contributed by atoms with Crippen LogP contribution in [-0.2, 0) is 23.7 Å². The second-order valence-electron chi connectivity index (χ2n) is 1.57. The monoisotopic (exact) mass is 222 g/mol. The van der Waals surface area contributed by atoms with Crippen LogP contribution in [0.5, 0.6) is 0 Å². The van der Waals surface area contributed by atoms with Crippen molar-refractivity contribution in [1.82, 2.24) is 0 Å². The number of hydrogen-bond donors (Lipinski definition) is 3. The molecule has 3 N–H and O–H groups in total. The van der Waals surface area contributed by atoms with Gasteiger partial charge >= 0.3 is 18.2 Å². The predicted molar refractivity (Wildman–Crippen MR) is 35.5 cm³/mol. The molecule has 0 saturated carbocycles. The Kier molecular flexibility index (Phi) is 4.28. The summed E-state index contributed by atoms with van der Waals surface area (Å²) in [5.74, 6) is 0. The van der Waals surface area contributed by atoms with Crippen LogP contribution in [0.2, 0.25) is 0 Å². The molecule has 0 bridgehead atoms. The minimum Gasteiger partial charge on any atom is -0.303 e. The van der Waals surface area contributed by atoms with E-state index in [2.05, 4.69) is 8.71 Å². The molecule has 0 aromatic rings. The molecule has 0 fully saturated rings. The molecular formula is C2H7O8PS. The first kappa shape index (κ1) is 12.0. The average molecular weight is 222 g/mol. The summed E-state index contributed by atoms with van der Waals surface area (Å²) in [5, 5.41) is 0. The highest BCUT2D eigenvalue weighted by Crippen LogP contribution is 2.35. The van der Waals surface area contributed by atoms with Crippen LogP contribution >= 0.6 is 7.82 Å². The van der Waals surface area contributed by atoms with Crippen LogP contribution in [0.3, 0.4) is 0 Å². The fourth-order valence-corrected chi connectivity index (χ4v) is 0.887. The minimum atomic E-state index is -4.60. The lowest BCUT2D eigenvalue weighted by Crippen LogP contribution is -2.09. The maximum Gasteiger partial charge on any atom is 0.469 e. The quantitative estimate of drug-likeness (QED) is 0.304. The molecule has 0 atom stereocenters. The molecule has 10 heteroatoms. The normalized spacial score (nSPS) is 13.2. The average Bonchev–Trinajstić information content (AvgIpc) is 1.76. The van der Waals surface area contributed by atoms with Crippen molar-refractivity contribution in [3.8, 4) is 0 Å². The van der Waals surface area contributed by atoms with Crippen molar-refractivity contribution in [1.29, 1.82) is 0 Å². The zero-order chi connectivity index (χ0) is 9.83. The summed E-state index contributed by atoms with van der Waals surface area (Å²) in [4.78, 5) is 16.1. The zero-order valence-electron chi connectivity index (χ0n) is 5.65. The van der Waals surface area contributed by atoms with E-state index in [-0.39, 0.29) is 0 Å². The van der Waals surface area contributed by atoms with Gasteiger partial charge in [-0.25, -0.2) is 8.75 Å². The molecule has 0 aromatic heterocycles. The van der Waals surface area contributed by atoms with Crippen molar-refractivity contribution in [2.24, 2.45) is 0 Å². The summed E-state index contributed by atoms with van der Waals surface area (Å²) in [6, 6.07) is 0. The van der Waals surface area contributed by atoms with Crippen molar-refractivity contribution >= 4 is 18.2 Å². The number of phosphoric acid groups is 1. The van der Waals surface area contributed by atoms with Crippen LogP contribution < -0.4 is 0 Å². The van der Waals surface area contributed by atoms with Crippen LogP contribution in [0.1, 0.15) is 0 Å². The Morgan fingerprint density at radius 2 is 1.75 bits per heavy atom. The third kappa shape index (κ3) is 9.98. The van der Waals surface area contributed by atoms with Crippen LogP contribution in [0.15, 0.2) is 0 Å². The third-order valence-corrected chi connectivity index (χ3v) is 1.56. The van der Waals surface area contributed by atoms with Gasteiger partial charge in [0.25, 0.3) is 0 Å². The Balaban J connectivity index is 3.55. The van der Waals surface area contributed by atoms with Gasteiger partial charge < -0.3 is 9.79 Å². The molecule has 0 radical (unpaired) electrons. The summed E-state index contributed by atoms with van der Waals surface area (Å²) in [7, 11) is -9.18. The van der Waals surface area contributed by atoms with E-state index in [0.717, 1.165) is 0 Å². The third-order valence-electron chi connectivity index (χ3n) is 0.575. The lowest BCUT2D eigenvalue weighted by Gasteiger charge is -2.03. The van der Waals surface area contributed by atoms with Gasteiger partial charge in [-0.15, -0.1) is 0 Å². The lowest BCUT2D eigenvalue weighted by atomic mass is 10.8. The molecule has 12 heavy (non-hydrogen) atoms. The van der Waals surface area contributed by atoms with Crippen molar-refractivity contribution in [3.05, 3.63) is 0 Å². The van der Waals surface area contributed by atoms with Crippen molar-refractivity contribution in [2.45, 2.75) is 0 Å². The SMILES string of the molecule is O=P(O)(O)OCCOS(=O)(=O)O. The summed E-state index contributed by atoms with van der Waals surface area (Å²) in [6.07, 6.45) is 0. The van der Waals surface area contributed by atoms with Crippen molar-refractivity contribution in [2.75, 3.05) is 13.2 Å². The lowest BCUT2D eigenvalue weighted by molar-refractivity contribution is 0.155. The Bertz CT molecular complexity index is 261. The first-order chi connectivity index (χ1) is 5.21. The summed E-state index contributed by atoms with van der Waals surface area (Å²) in [6.45, 7) is -1.30. The zero-order valence-corrected chi connectivity index (χ0v) is 7.36. The summed E-state index contributed by atoms with van der Waals surface area (Å²) < 4.78 is 45.1. The predicted octanol–water partition coefficient (Wildman–Crippen LogP) is -1.08. The van der Waals surface area contributed by atoms with E-state index < -0.39 is 31.4 Å². The number of hydrogen-bond acceptors (Lipinski definition) is 5. The molecule has 0 heterocycles. The molecule has 0 aliphatic rings. The van der Waals surface area contributed by atoms with E-state index in [9.17, 15) is 13.0 Å². The molecule has 0 spiro atoms. The Morgan fingerprint density at radius 1 is 1.25 bits per heavy atom. The summed E-state index contributed by atoms with van der Waals surface area (Å²) in [5.41, 5.74) is 0. The molecule has 0 saturated heterocycles. The van der Waals surface area contributed by atoms with E-state index in [1.165, 1.54) is 0 Å². The Labute approximate surface area is 68.3 Å². The highest BCUT2D eigenvalue weighted by atomic mass is 32.3. The van der Waals surface area contributed by atoms with Gasteiger partial charge in [0.2, 0.25) is 0 Å². The fraction of sp³-hybridized carbons (Fsp3) is 1.00. The highest BCUT2D eigenvalue weighted by Gasteiger charge is 2.13. The maximum absolute atomic E-state index is 9.96. The Hall–Kier alpha value is -0.0200. The van der Waals surface area contributed by atoms with E-state index in [4.69, 9.17) is 14.3 Å². The van der Waals surface area contributed by atoms with Crippen LogP contribution in [0.25, 0.3) is 0 Å². The van der Waals surface area contributed by atoms with E-state index >= 15 is 0 Å². The van der Waals surface area contributed by atoms with Gasteiger partial charge in [-0.3, -0.25) is 9.08 Å². The molecule has 8 nitrogen and oxygen atoms in total. The first-order valence-electron chi connectivity index (χ1n) is 2.53. The molecule has 74 valence electrons. The maximum atomic E-state index is 9.96. The smallest absolute Gasteiger partial charge is 0.303 e. The standard InChI is InChI=1S/C2H7O8PS/c3-11(4,5)9-1-2-10-12(6,7)8/h1-2H2,(H2,3,4,5)(H,6,7,8). The molecule has 0 aliphatic carbocycles. The van der Waals surface area contributed by atoms with Crippen LogP contribution in [0, 0.1) is 0 Å². The van der Waals surface area contributed by atoms with Gasteiger partial charge in [0, 0.05) is 0 Å². The minimum absolute atomic E-state index is 0.635. The summed E-state index contributed by atoms with van der Waals surface area (Å²) >= 11 is 0. The van der Waals surface area contributed by atoms with Gasteiger partial charge in [0.05, 0.1) is 13.2 Å². The first-order valence-corrected chi connectivity index (χ1v) is 5.42. The molecule has 0 rings (SSSR count). The van der Waals surface area contributed by atoms with Crippen LogP contribution in [0.4, 0.5) is 0 Å². The fourth-order valence-electron chi connectivity index (χ4n) is 0.296. The number of phosphoric ester groups is 1. The van der Waals surface area contributed by atoms with Crippen molar-refractivity contribution < 1.29 is 36.0 Å². The van der Waals surface area contributed by atoms with Gasteiger partial charge in [-0.05, 0) is 0 Å². The van der Waals surface area contributed by atoms with Gasteiger partial charge in [0.15, 0.2) is 0 Å². The van der Waals surface area contributed by atoms with E-state index in [0.29, 0.717) is 0 Å². The van der Waals surface area contributed by atoms with Gasteiger partial charge in [-0.1, -0.05) is 0 Å². The van der Waals surface area contributed by atoms with Gasteiger partial charge in [-0.2, -0.15) is 8.42 Å². The second-order valence-corrected chi connectivity index (χ2v) is 3.90. The van der Waals surface area contributed by atoms with Crippen LogP contribution in [-0.4, -0.2) is 36.0 Å².